The Morgan fingerprint density at radius 3 is 2.34 bits per heavy atom. The molecular weight excluding hydrogens is 469 g/mol. The Balaban J connectivity index is 1.83. The Kier molecular flexibility index (Phi) is 4.64. The van der Waals surface area contributed by atoms with Gasteiger partial charge in [0.15, 0.2) is 0 Å². The van der Waals surface area contributed by atoms with E-state index in [0.29, 0.717) is 0 Å². The number of pyridine rings is 1. The second-order valence-electron chi connectivity index (χ2n) is 10.7. The molecule has 1 nitrogen and oxygen atoms in total. The van der Waals surface area contributed by atoms with Crippen molar-refractivity contribution in [2.24, 2.45) is 0 Å². The van der Waals surface area contributed by atoms with Crippen molar-refractivity contribution in [3.8, 4) is 11.3 Å². The Bertz CT molecular complexity index is 1550. The van der Waals surface area contributed by atoms with Gasteiger partial charge in [-0.15, -0.1) is 0 Å². The van der Waals surface area contributed by atoms with Crippen molar-refractivity contribution in [2.75, 3.05) is 0 Å². The third kappa shape index (κ3) is 3.88. The predicted molar refractivity (Wildman–Crippen MR) is 145 cm³/mol. The second kappa shape index (κ2) is 7.69. The molecule has 0 aliphatic rings. The molecule has 0 aliphatic carbocycles. The number of aromatic nitrogens is 1. The van der Waals surface area contributed by atoms with Crippen LogP contribution in [0.4, 0.5) is 0 Å². The Morgan fingerprint density at radius 1 is 0.875 bits per heavy atom. The third-order valence-corrected chi connectivity index (χ3v) is 9.53. The van der Waals surface area contributed by atoms with Crippen LogP contribution in [0.15, 0.2) is 66.9 Å². The molecule has 3 heteroatoms. The molecule has 0 saturated carbocycles. The number of hydrogen-bond donors (Lipinski definition) is 0. The van der Waals surface area contributed by atoms with Crippen LogP contribution in [0.25, 0.3) is 41.3 Å². The van der Waals surface area contributed by atoms with Crippen LogP contribution < -0.4 is 0 Å². The van der Waals surface area contributed by atoms with Crippen molar-refractivity contribution in [2.45, 2.75) is 51.8 Å². The molecule has 5 rings (SSSR count). The van der Waals surface area contributed by atoms with Gasteiger partial charge in [-0.2, -0.15) is 0 Å². The van der Waals surface area contributed by atoms with Gasteiger partial charge in [0.25, 0.3) is 0 Å². The van der Waals surface area contributed by atoms with Gasteiger partial charge >= 0.3 is 201 Å². The molecule has 0 amide bonds. The van der Waals surface area contributed by atoms with Crippen molar-refractivity contribution in [3.05, 3.63) is 78.0 Å². The fraction of sp³-hybridized carbons (Fsp3) is 0.276. The molecule has 0 aliphatic heterocycles. The minimum absolute atomic E-state index is 0.00535. The molecule has 3 aromatic carbocycles. The topological polar surface area (TPSA) is 12.9 Å². The predicted octanol–water partition coefficient (Wildman–Crippen LogP) is 7.98. The van der Waals surface area contributed by atoms with Gasteiger partial charge < -0.3 is 0 Å². The van der Waals surface area contributed by atoms with Gasteiger partial charge in [0, 0.05) is 0 Å². The van der Waals surface area contributed by atoms with Gasteiger partial charge in [-0.05, 0) is 0 Å². The third-order valence-electron chi connectivity index (χ3n) is 5.87. The average Bonchev–Trinajstić information content (AvgIpc) is 3.15. The molecule has 32 heavy (non-hydrogen) atoms. The fourth-order valence-electron chi connectivity index (χ4n) is 4.50. The number of benzene rings is 3. The van der Waals surface area contributed by atoms with Crippen LogP contribution in [-0.4, -0.2) is 27.6 Å². The molecule has 0 bridgehead atoms. The van der Waals surface area contributed by atoms with Crippen LogP contribution in [-0.2, 0) is 11.4 Å². The van der Waals surface area contributed by atoms with Crippen LogP contribution in [0.1, 0.15) is 34.6 Å². The summed E-state index contributed by atoms with van der Waals surface area (Å²) >= 11 is 0.00535. The number of rotatable bonds is 3. The average molecular weight is 503 g/mol. The van der Waals surface area contributed by atoms with E-state index in [9.17, 15) is 0 Å². The van der Waals surface area contributed by atoms with Crippen LogP contribution in [0, 0.1) is 0 Å². The molecule has 0 saturated heterocycles. The zero-order valence-corrected chi connectivity index (χ0v) is 22.4. The van der Waals surface area contributed by atoms with E-state index in [1.165, 1.54) is 35.6 Å². The summed E-state index contributed by atoms with van der Waals surface area (Å²) < 4.78 is 20.5. The first-order valence-electron chi connectivity index (χ1n) is 12.2. The van der Waals surface area contributed by atoms with Crippen molar-refractivity contribution in [3.63, 3.8) is 0 Å². The van der Waals surface area contributed by atoms with Gasteiger partial charge in [-0.25, -0.2) is 0 Å². The van der Waals surface area contributed by atoms with Crippen molar-refractivity contribution in [1.29, 1.82) is 0 Å². The first-order valence-corrected chi connectivity index (χ1v) is 16.5. The van der Waals surface area contributed by atoms with E-state index in [1.54, 1.807) is 0 Å². The van der Waals surface area contributed by atoms with Gasteiger partial charge in [-0.1, -0.05) is 0 Å². The SMILES string of the molecule is [2H]C([2H])(c1cccc2c1[se]c1c(-c3cc(C(C)(C)C)c4ccccc4c3)nccc12)[Si](C)(C)C. The quantitative estimate of drug-likeness (QED) is 0.228. The molecular formula is C29H31NSeSi. The summed E-state index contributed by atoms with van der Waals surface area (Å²) in [7, 11) is -2.08. The molecule has 0 atom stereocenters. The van der Waals surface area contributed by atoms with Gasteiger partial charge in [0.2, 0.25) is 0 Å². The molecule has 0 radical (unpaired) electrons. The molecule has 0 unspecified atom stereocenters. The molecule has 162 valence electrons. The first-order chi connectivity index (χ1) is 15.9. The Labute approximate surface area is 201 Å². The summed E-state index contributed by atoms with van der Waals surface area (Å²) in [6, 6.07) is 21.6. The standard InChI is InChI=1S/C29H31NSeSi/c1-29(2,3)25-17-21(16-19-10-7-8-12-22(19)25)26-28-24(14-15-30-26)23-13-9-11-20(27(23)31-28)18-32(4,5)6/h7-17H,18H2,1-6H3/i18D2. The zero-order chi connectivity index (χ0) is 24.5. The van der Waals surface area contributed by atoms with Crippen LogP contribution in [0.3, 0.4) is 0 Å². The van der Waals surface area contributed by atoms with Crippen LogP contribution in [0.2, 0.25) is 19.6 Å². The number of nitrogens with zero attached hydrogens (tertiary/aromatic N) is 1. The van der Waals surface area contributed by atoms with E-state index in [4.69, 9.17) is 7.73 Å². The molecule has 2 aromatic heterocycles. The van der Waals surface area contributed by atoms with E-state index in [2.05, 4.69) is 88.9 Å². The Morgan fingerprint density at radius 2 is 1.59 bits per heavy atom. The fourth-order valence-corrected chi connectivity index (χ4v) is 8.40. The summed E-state index contributed by atoms with van der Waals surface area (Å²) in [6.45, 7) is 13.2. The van der Waals surface area contributed by atoms with E-state index in [0.717, 1.165) is 16.8 Å². The summed E-state index contributed by atoms with van der Waals surface area (Å²) in [4.78, 5) is 4.90. The van der Waals surface area contributed by atoms with E-state index >= 15 is 0 Å². The van der Waals surface area contributed by atoms with Gasteiger partial charge in [-0.3, -0.25) is 0 Å². The van der Waals surface area contributed by atoms with Gasteiger partial charge in [0.05, 0.1) is 0 Å². The summed E-state index contributed by atoms with van der Waals surface area (Å²) in [5, 5.41) is 4.95. The van der Waals surface area contributed by atoms with Crippen LogP contribution in [0.5, 0.6) is 0 Å². The maximum atomic E-state index is 9.02. The normalized spacial score (nSPS) is 14.2. The monoisotopic (exact) mass is 503 g/mol. The Hall–Kier alpha value is -2.19. The molecule has 0 fully saturated rings. The second-order valence-corrected chi connectivity index (χ2v) is 17.6. The van der Waals surface area contributed by atoms with Crippen LogP contribution >= 0.6 is 0 Å². The first kappa shape index (κ1) is 19.3. The number of hydrogen-bond acceptors (Lipinski definition) is 1. The molecule has 0 N–H and O–H groups in total. The maximum absolute atomic E-state index is 9.02. The molecule has 2 heterocycles. The van der Waals surface area contributed by atoms with Crippen molar-refractivity contribution < 1.29 is 2.74 Å². The molecule has 0 spiro atoms. The summed E-state index contributed by atoms with van der Waals surface area (Å²) in [5.74, 6) is -1.28. The van der Waals surface area contributed by atoms with E-state index < -0.39 is 14.1 Å². The zero-order valence-electron chi connectivity index (χ0n) is 21.7. The molecule has 5 aromatic rings. The van der Waals surface area contributed by atoms with Gasteiger partial charge in [0.1, 0.15) is 0 Å². The van der Waals surface area contributed by atoms with E-state index in [-0.39, 0.29) is 19.9 Å². The number of fused-ring (bicyclic) bond motifs is 4. The van der Waals surface area contributed by atoms with E-state index in [1.807, 2.05) is 18.3 Å². The minimum atomic E-state index is -2.08. The van der Waals surface area contributed by atoms with Crippen molar-refractivity contribution in [1.82, 2.24) is 4.98 Å². The summed E-state index contributed by atoms with van der Waals surface area (Å²) in [5.41, 5.74) is 4.44. The van der Waals surface area contributed by atoms with Crippen molar-refractivity contribution >= 4 is 52.6 Å². The summed E-state index contributed by atoms with van der Waals surface area (Å²) in [6.07, 6.45) is 1.92.